The molecule has 110 valence electrons. The lowest BCUT2D eigenvalue weighted by Crippen LogP contribution is -2.12. The van der Waals surface area contributed by atoms with Gasteiger partial charge in [-0.2, -0.15) is 0 Å². The molecule has 0 aliphatic heterocycles. The first-order valence-corrected chi connectivity index (χ1v) is 7.20. The van der Waals surface area contributed by atoms with Gasteiger partial charge in [0.1, 0.15) is 5.82 Å². The number of carbonyl (C=O) groups is 2. The lowest BCUT2D eigenvalue weighted by atomic mass is 10.2. The molecule has 8 heteroatoms. The van der Waals surface area contributed by atoms with Gasteiger partial charge >= 0.3 is 5.97 Å². The molecule has 0 aliphatic rings. The largest absolute Gasteiger partial charge is 0.481 e. The van der Waals surface area contributed by atoms with Gasteiger partial charge in [-0.3, -0.25) is 14.2 Å². The van der Waals surface area contributed by atoms with Gasteiger partial charge in [0.15, 0.2) is 5.16 Å². The summed E-state index contributed by atoms with van der Waals surface area (Å²) in [6.07, 6.45) is 0.626. The van der Waals surface area contributed by atoms with Crippen LogP contribution in [0.1, 0.15) is 23.1 Å². The molecule has 0 saturated carbocycles. The Bertz CT molecular complexity index is 684. The molecule has 21 heavy (non-hydrogen) atoms. The third-order valence-corrected chi connectivity index (χ3v) is 3.64. The zero-order valence-electron chi connectivity index (χ0n) is 11.3. The van der Waals surface area contributed by atoms with Crippen molar-refractivity contribution in [3.05, 3.63) is 35.7 Å². The van der Waals surface area contributed by atoms with Gasteiger partial charge in [0, 0.05) is 12.0 Å². The molecule has 7 nitrogen and oxygen atoms in total. The maximum atomic E-state index is 11.3. The minimum absolute atomic E-state index is 0.114. The molecule has 0 aliphatic carbocycles. The number of carboxylic acid groups (broad SMARTS) is 1. The summed E-state index contributed by atoms with van der Waals surface area (Å²) in [6, 6.07) is 6.75. The maximum absolute atomic E-state index is 11.3. The minimum atomic E-state index is -0.932. The van der Waals surface area contributed by atoms with Crippen molar-refractivity contribution in [2.75, 3.05) is 5.75 Å². The molecule has 1 aromatic heterocycles. The van der Waals surface area contributed by atoms with E-state index in [1.165, 1.54) is 0 Å². The van der Waals surface area contributed by atoms with Crippen LogP contribution in [0.3, 0.4) is 0 Å². The van der Waals surface area contributed by atoms with Crippen molar-refractivity contribution in [2.45, 2.75) is 18.5 Å². The second-order valence-electron chi connectivity index (χ2n) is 4.18. The van der Waals surface area contributed by atoms with Gasteiger partial charge in [0.05, 0.1) is 11.4 Å². The number of thioether (sulfide) groups is 1. The molecule has 1 heterocycles. The third kappa shape index (κ3) is 3.40. The Kier molecular flexibility index (Phi) is 4.59. The maximum Gasteiger partial charge on any atom is 0.313 e. The van der Waals surface area contributed by atoms with Gasteiger partial charge in [-0.25, -0.2) is 0 Å². The quantitative estimate of drug-likeness (QED) is 0.773. The second-order valence-corrected chi connectivity index (χ2v) is 5.13. The Morgan fingerprint density at radius 1 is 1.38 bits per heavy atom. The fourth-order valence-electron chi connectivity index (χ4n) is 1.81. The van der Waals surface area contributed by atoms with Gasteiger partial charge in [0.2, 0.25) is 5.91 Å². The van der Waals surface area contributed by atoms with E-state index in [-0.39, 0.29) is 5.75 Å². The normalized spacial score (nSPS) is 10.5. The molecule has 3 N–H and O–H groups in total. The molecule has 0 spiro atoms. The Hall–Kier alpha value is -2.35. The van der Waals surface area contributed by atoms with Crippen LogP contribution in [-0.2, 0) is 11.2 Å². The fraction of sp³-hybridized carbons (Fsp3) is 0.231. The van der Waals surface area contributed by atoms with Crippen molar-refractivity contribution in [1.29, 1.82) is 0 Å². The molecule has 0 radical (unpaired) electrons. The van der Waals surface area contributed by atoms with Crippen LogP contribution >= 0.6 is 11.8 Å². The van der Waals surface area contributed by atoms with Crippen molar-refractivity contribution < 1.29 is 14.7 Å². The van der Waals surface area contributed by atoms with E-state index in [0.29, 0.717) is 28.7 Å². The van der Waals surface area contributed by atoms with E-state index >= 15 is 0 Å². The average Bonchev–Trinajstić information content (AvgIpc) is 2.88. The monoisotopic (exact) mass is 306 g/mol. The van der Waals surface area contributed by atoms with Gasteiger partial charge in [0.25, 0.3) is 0 Å². The standard InChI is InChI=1S/C13H14N4O3S/c1-2-10-15-16-13(21-7-11(18)19)17(10)9-5-3-4-8(6-9)12(14)20/h3-6H,2,7H2,1H3,(H2,14,20)(H,18,19). The number of carboxylic acids is 1. The van der Waals surface area contributed by atoms with Crippen molar-refractivity contribution in [3.8, 4) is 5.69 Å². The highest BCUT2D eigenvalue weighted by Gasteiger charge is 2.15. The van der Waals surface area contributed by atoms with Crippen molar-refractivity contribution in [2.24, 2.45) is 5.73 Å². The molecule has 0 saturated heterocycles. The van der Waals surface area contributed by atoms with E-state index in [0.717, 1.165) is 11.8 Å². The number of amides is 1. The van der Waals surface area contributed by atoms with E-state index in [9.17, 15) is 9.59 Å². The van der Waals surface area contributed by atoms with Crippen molar-refractivity contribution in [1.82, 2.24) is 14.8 Å². The summed E-state index contributed by atoms with van der Waals surface area (Å²) in [4.78, 5) is 22.0. The SMILES string of the molecule is CCc1nnc(SCC(=O)O)n1-c1cccc(C(N)=O)c1. The zero-order chi connectivity index (χ0) is 15.4. The summed E-state index contributed by atoms with van der Waals surface area (Å²) in [6.45, 7) is 1.92. The molecule has 1 aromatic carbocycles. The first-order valence-electron chi connectivity index (χ1n) is 6.22. The molecule has 2 aromatic rings. The van der Waals surface area contributed by atoms with Crippen molar-refractivity contribution in [3.63, 3.8) is 0 Å². The Labute approximate surface area is 125 Å². The number of hydrogen-bond donors (Lipinski definition) is 2. The van der Waals surface area contributed by atoms with E-state index in [1.807, 2.05) is 6.92 Å². The Morgan fingerprint density at radius 3 is 2.76 bits per heavy atom. The van der Waals surface area contributed by atoms with Crippen LogP contribution in [0.5, 0.6) is 0 Å². The van der Waals surface area contributed by atoms with Crippen LogP contribution < -0.4 is 5.73 Å². The number of aliphatic carboxylic acids is 1. The number of primary amides is 1. The minimum Gasteiger partial charge on any atom is -0.481 e. The first kappa shape index (κ1) is 15.0. The number of hydrogen-bond acceptors (Lipinski definition) is 5. The van der Waals surface area contributed by atoms with Gasteiger partial charge in [-0.05, 0) is 18.2 Å². The molecular weight excluding hydrogens is 292 g/mol. The number of nitrogens with zero attached hydrogens (tertiary/aromatic N) is 3. The fourth-order valence-corrected chi connectivity index (χ4v) is 2.50. The molecule has 0 fully saturated rings. The summed E-state index contributed by atoms with van der Waals surface area (Å²) < 4.78 is 1.74. The van der Waals surface area contributed by atoms with E-state index in [1.54, 1.807) is 28.8 Å². The molecule has 0 atom stereocenters. The highest BCUT2D eigenvalue weighted by molar-refractivity contribution is 7.99. The summed E-state index contributed by atoms with van der Waals surface area (Å²) in [5.41, 5.74) is 6.33. The van der Waals surface area contributed by atoms with E-state index < -0.39 is 11.9 Å². The second kappa shape index (κ2) is 6.40. The number of aryl methyl sites for hydroxylation is 1. The van der Waals surface area contributed by atoms with Crippen LogP contribution in [0.4, 0.5) is 0 Å². The average molecular weight is 306 g/mol. The topological polar surface area (TPSA) is 111 Å². The third-order valence-electron chi connectivity index (χ3n) is 2.73. The highest BCUT2D eigenvalue weighted by atomic mass is 32.2. The number of carbonyl (C=O) groups excluding carboxylic acids is 1. The number of nitrogens with two attached hydrogens (primary N) is 1. The lowest BCUT2D eigenvalue weighted by molar-refractivity contribution is -0.133. The van der Waals surface area contributed by atoms with Crippen LogP contribution in [0.15, 0.2) is 29.4 Å². The summed E-state index contributed by atoms with van der Waals surface area (Å²) >= 11 is 1.07. The number of benzene rings is 1. The van der Waals surface area contributed by atoms with Gasteiger partial charge in [-0.1, -0.05) is 24.8 Å². The van der Waals surface area contributed by atoms with Crippen LogP contribution in [-0.4, -0.2) is 37.5 Å². The molecule has 0 unspecified atom stereocenters. The Balaban J connectivity index is 2.45. The van der Waals surface area contributed by atoms with Crippen LogP contribution in [0.2, 0.25) is 0 Å². The number of aromatic nitrogens is 3. The molecule has 0 bridgehead atoms. The summed E-state index contributed by atoms with van der Waals surface area (Å²) in [5, 5.41) is 17.3. The van der Waals surface area contributed by atoms with Gasteiger partial charge < -0.3 is 10.8 Å². The van der Waals surface area contributed by atoms with E-state index in [2.05, 4.69) is 10.2 Å². The molecule has 2 rings (SSSR count). The Morgan fingerprint density at radius 2 is 2.14 bits per heavy atom. The molecule has 1 amide bonds. The van der Waals surface area contributed by atoms with Crippen LogP contribution in [0.25, 0.3) is 5.69 Å². The molecular formula is C13H14N4O3S. The van der Waals surface area contributed by atoms with E-state index in [4.69, 9.17) is 10.8 Å². The zero-order valence-corrected chi connectivity index (χ0v) is 12.1. The predicted molar refractivity (Wildman–Crippen MR) is 77.6 cm³/mol. The lowest BCUT2D eigenvalue weighted by Gasteiger charge is -2.09. The predicted octanol–water partition coefficient (Wildman–Crippen LogP) is 1.11. The number of rotatable bonds is 6. The van der Waals surface area contributed by atoms with Crippen LogP contribution in [0, 0.1) is 0 Å². The highest BCUT2D eigenvalue weighted by Crippen LogP contribution is 2.22. The van der Waals surface area contributed by atoms with Crippen molar-refractivity contribution >= 4 is 23.6 Å². The van der Waals surface area contributed by atoms with Gasteiger partial charge in [-0.15, -0.1) is 10.2 Å². The first-order chi connectivity index (χ1) is 10.0. The summed E-state index contributed by atoms with van der Waals surface area (Å²) in [5.74, 6) is -0.886. The smallest absolute Gasteiger partial charge is 0.313 e. The summed E-state index contributed by atoms with van der Waals surface area (Å²) in [7, 11) is 0.